The molecule has 0 rings (SSSR count). The molecule has 0 fully saturated rings. The van der Waals surface area contributed by atoms with Crippen molar-refractivity contribution in [2.75, 3.05) is 26.4 Å². The fourth-order valence-corrected chi connectivity index (χ4v) is 2.00. The second-order valence-electron chi connectivity index (χ2n) is 8.04. The molecule has 0 aliphatic carbocycles. The van der Waals surface area contributed by atoms with E-state index in [4.69, 9.17) is 18.9 Å². The quantitative estimate of drug-likeness (QED) is 0.205. The topological polar surface area (TPSA) is 71.1 Å². The SMILES string of the molecule is CC(CCOC(=O)C(C)(C)Br)OCCC(C)(C)OCCOC(=O)C(C)(C)Br. The van der Waals surface area contributed by atoms with Gasteiger partial charge in [-0.2, -0.15) is 0 Å². The zero-order valence-electron chi connectivity index (χ0n) is 17.5. The highest BCUT2D eigenvalue weighted by molar-refractivity contribution is 9.10. The lowest BCUT2D eigenvalue weighted by molar-refractivity contribution is -0.149. The molecule has 0 aliphatic rings. The van der Waals surface area contributed by atoms with Gasteiger partial charge in [0.25, 0.3) is 0 Å². The van der Waals surface area contributed by atoms with Crippen LogP contribution in [-0.4, -0.2) is 58.7 Å². The van der Waals surface area contributed by atoms with Gasteiger partial charge in [0, 0.05) is 13.0 Å². The highest BCUT2D eigenvalue weighted by atomic mass is 79.9. The van der Waals surface area contributed by atoms with E-state index in [0.29, 0.717) is 32.7 Å². The summed E-state index contributed by atoms with van der Waals surface area (Å²) in [5, 5.41) is 0. The third kappa shape index (κ3) is 13.6. The molecule has 0 aromatic heterocycles. The summed E-state index contributed by atoms with van der Waals surface area (Å²) in [5.41, 5.74) is -0.386. The molecule has 1 atom stereocenters. The molecule has 6 nitrogen and oxygen atoms in total. The first-order chi connectivity index (χ1) is 12.1. The van der Waals surface area contributed by atoms with Crippen molar-refractivity contribution in [3.63, 3.8) is 0 Å². The van der Waals surface area contributed by atoms with E-state index in [1.165, 1.54) is 0 Å². The largest absolute Gasteiger partial charge is 0.465 e. The second-order valence-corrected chi connectivity index (χ2v) is 12.0. The number of ether oxygens (including phenoxy) is 4. The van der Waals surface area contributed by atoms with Crippen LogP contribution in [0.1, 0.15) is 61.3 Å². The standard InChI is InChI=1S/C19H34Br2O6/c1-14(8-10-25-15(22)18(4,5)20)24-11-9-17(2,3)27-13-12-26-16(23)19(6,7)21/h14H,8-13H2,1-7H3. The van der Waals surface area contributed by atoms with E-state index in [1.807, 2.05) is 20.8 Å². The van der Waals surface area contributed by atoms with Crippen LogP contribution in [0.2, 0.25) is 0 Å². The molecule has 0 saturated heterocycles. The Morgan fingerprint density at radius 3 is 1.78 bits per heavy atom. The van der Waals surface area contributed by atoms with Crippen LogP contribution in [0, 0.1) is 0 Å². The van der Waals surface area contributed by atoms with Gasteiger partial charge in [-0.3, -0.25) is 9.59 Å². The average Bonchev–Trinajstić information content (AvgIpc) is 2.49. The number of hydrogen-bond donors (Lipinski definition) is 0. The minimum absolute atomic E-state index is 0.0193. The molecule has 0 aromatic rings. The molecule has 0 radical (unpaired) electrons. The van der Waals surface area contributed by atoms with Gasteiger partial charge >= 0.3 is 11.9 Å². The van der Waals surface area contributed by atoms with E-state index in [1.54, 1.807) is 27.7 Å². The molecule has 0 N–H and O–H groups in total. The van der Waals surface area contributed by atoms with E-state index >= 15 is 0 Å². The van der Waals surface area contributed by atoms with Crippen LogP contribution in [-0.2, 0) is 28.5 Å². The van der Waals surface area contributed by atoms with Gasteiger partial charge in [-0.15, -0.1) is 0 Å². The molecular formula is C19H34Br2O6. The molecule has 0 amide bonds. The second kappa shape index (κ2) is 11.7. The van der Waals surface area contributed by atoms with Crippen LogP contribution in [0.5, 0.6) is 0 Å². The van der Waals surface area contributed by atoms with Crippen LogP contribution in [0.4, 0.5) is 0 Å². The van der Waals surface area contributed by atoms with Crippen LogP contribution >= 0.6 is 31.9 Å². The van der Waals surface area contributed by atoms with Crippen LogP contribution in [0.3, 0.4) is 0 Å². The smallest absolute Gasteiger partial charge is 0.322 e. The van der Waals surface area contributed by atoms with Gasteiger partial charge in [0.05, 0.1) is 24.9 Å². The maximum Gasteiger partial charge on any atom is 0.322 e. The molecule has 27 heavy (non-hydrogen) atoms. The van der Waals surface area contributed by atoms with Gasteiger partial charge in [0.1, 0.15) is 15.3 Å². The van der Waals surface area contributed by atoms with Gasteiger partial charge in [-0.1, -0.05) is 31.9 Å². The summed E-state index contributed by atoms with van der Waals surface area (Å²) >= 11 is 6.53. The Labute approximate surface area is 180 Å². The number of hydrogen-bond acceptors (Lipinski definition) is 6. The van der Waals surface area contributed by atoms with E-state index in [0.717, 1.165) is 0 Å². The molecule has 0 aliphatic heterocycles. The minimum atomic E-state index is -0.689. The van der Waals surface area contributed by atoms with E-state index in [-0.39, 0.29) is 30.3 Å². The van der Waals surface area contributed by atoms with Gasteiger partial charge in [-0.25, -0.2) is 0 Å². The fourth-order valence-electron chi connectivity index (χ4n) is 1.77. The van der Waals surface area contributed by atoms with Crippen molar-refractivity contribution < 1.29 is 28.5 Å². The lowest BCUT2D eigenvalue weighted by Gasteiger charge is -2.26. The van der Waals surface area contributed by atoms with Crippen molar-refractivity contribution in [2.24, 2.45) is 0 Å². The lowest BCUT2D eigenvalue weighted by Crippen LogP contribution is -2.31. The zero-order valence-corrected chi connectivity index (χ0v) is 20.7. The highest BCUT2D eigenvalue weighted by Gasteiger charge is 2.26. The predicted octanol–water partition coefficient (Wildman–Crippen LogP) is 4.40. The van der Waals surface area contributed by atoms with E-state index in [9.17, 15) is 9.59 Å². The Bertz CT molecular complexity index is 466. The van der Waals surface area contributed by atoms with Crippen LogP contribution < -0.4 is 0 Å². The minimum Gasteiger partial charge on any atom is -0.465 e. The summed E-state index contributed by atoms with van der Waals surface area (Å²) in [7, 11) is 0. The number of carbonyl (C=O) groups excluding carboxylic acids is 2. The molecular weight excluding hydrogens is 484 g/mol. The molecule has 160 valence electrons. The monoisotopic (exact) mass is 516 g/mol. The number of alkyl halides is 2. The number of carbonyl (C=O) groups is 2. The maximum absolute atomic E-state index is 11.7. The van der Waals surface area contributed by atoms with E-state index in [2.05, 4.69) is 31.9 Å². The van der Waals surface area contributed by atoms with Crippen molar-refractivity contribution in [1.29, 1.82) is 0 Å². The zero-order chi connectivity index (χ0) is 21.3. The first-order valence-corrected chi connectivity index (χ1v) is 10.7. The number of halogens is 2. The van der Waals surface area contributed by atoms with Crippen molar-refractivity contribution in [3.8, 4) is 0 Å². The number of rotatable bonds is 13. The Morgan fingerprint density at radius 2 is 1.30 bits per heavy atom. The van der Waals surface area contributed by atoms with E-state index < -0.39 is 8.65 Å². The average molecular weight is 518 g/mol. The third-order valence-corrected chi connectivity index (χ3v) is 4.29. The Kier molecular flexibility index (Phi) is 11.7. The highest BCUT2D eigenvalue weighted by Crippen LogP contribution is 2.19. The van der Waals surface area contributed by atoms with Gasteiger partial charge in [0.15, 0.2) is 0 Å². The Hall–Kier alpha value is -0.180. The fraction of sp³-hybridized carbons (Fsp3) is 0.895. The van der Waals surface area contributed by atoms with Crippen LogP contribution in [0.15, 0.2) is 0 Å². The van der Waals surface area contributed by atoms with Gasteiger partial charge in [0.2, 0.25) is 0 Å². The summed E-state index contributed by atoms with van der Waals surface area (Å²) < 4.78 is 20.5. The Morgan fingerprint density at radius 1 is 0.815 bits per heavy atom. The first kappa shape index (κ1) is 26.8. The first-order valence-electron chi connectivity index (χ1n) is 9.13. The molecule has 8 heteroatoms. The van der Waals surface area contributed by atoms with Crippen molar-refractivity contribution in [2.45, 2.75) is 81.7 Å². The van der Waals surface area contributed by atoms with Gasteiger partial charge < -0.3 is 18.9 Å². The summed E-state index contributed by atoms with van der Waals surface area (Å²) in [6, 6.07) is 0. The van der Waals surface area contributed by atoms with Crippen molar-refractivity contribution >= 4 is 43.8 Å². The normalized spacial score (nSPS) is 14.0. The molecule has 0 heterocycles. The van der Waals surface area contributed by atoms with Crippen molar-refractivity contribution in [3.05, 3.63) is 0 Å². The Balaban J connectivity index is 3.91. The van der Waals surface area contributed by atoms with Crippen molar-refractivity contribution in [1.82, 2.24) is 0 Å². The van der Waals surface area contributed by atoms with Gasteiger partial charge in [-0.05, 0) is 54.9 Å². The summed E-state index contributed by atoms with van der Waals surface area (Å²) in [6.07, 6.45) is 1.31. The molecule has 0 spiro atoms. The predicted molar refractivity (Wildman–Crippen MR) is 113 cm³/mol. The molecule has 0 aromatic carbocycles. The maximum atomic E-state index is 11.7. The molecule has 1 unspecified atom stereocenters. The summed E-state index contributed by atoms with van der Waals surface area (Å²) in [5.74, 6) is -0.599. The van der Waals surface area contributed by atoms with Crippen LogP contribution in [0.25, 0.3) is 0 Å². The molecule has 0 bridgehead atoms. The molecule has 0 saturated carbocycles. The summed E-state index contributed by atoms with van der Waals surface area (Å²) in [4.78, 5) is 23.3. The number of esters is 2. The third-order valence-electron chi connectivity index (χ3n) is 3.64. The summed E-state index contributed by atoms with van der Waals surface area (Å²) in [6.45, 7) is 14.2. The lowest BCUT2D eigenvalue weighted by atomic mass is 10.1.